The monoisotopic (exact) mass is 444 g/mol. The number of amides is 2. The lowest BCUT2D eigenvalue weighted by Crippen LogP contribution is -2.39. The van der Waals surface area contributed by atoms with Crippen molar-refractivity contribution in [3.8, 4) is 22.7 Å². The Hall–Kier alpha value is -3.87. The molecule has 1 saturated carbocycles. The zero-order valence-corrected chi connectivity index (χ0v) is 18.7. The highest BCUT2D eigenvalue weighted by molar-refractivity contribution is 5.94. The smallest absolute Gasteiger partial charge is 0.246 e. The number of hydrogen-bond acceptors (Lipinski definition) is 4. The summed E-state index contributed by atoms with van der Waals surface area (Å²) in [4.78, 5) is 31.7. The lowest BCUT2D eigenvalue weighted by Gasteiger charge is -2.20. The second-order valence-electron chi connectivity index (χ2n) is 7.95. The van der Waals surface area contributed by atoms with Crippen molar-refractivity contribution < 1.29 is 14.3 Å². The molecule has 1 fully saturated rings. The quantitative estimate of drug-likeness (QED) is 0.473. The van der Waals surface area contributed by atoms with Crippen molar-refractivity contribution in [2.24, 2.45) is 5.92 Å². The van der Waals surface area contributed by atoms with Gasteiger partial charge in [0.05, 0.1) is 18.0 Å². The van der Waals surface area contributed by atoms with Gasteiger partial charge in [-0.3, -0.25) is 19.5 Å². The Labute approximate surface area is 193 Å². The topological polar surface area (TPSA) is 76.5 Å². The van der Waals surface area contributed by atoms with Crippen LogP contribution in [0.4, 0.5) is 5.95 Å². The first-order valence-electron chi connectivity index (χ1n) is 11.2. The second-order valence-corrected chi connectivity index (χ2v) is 7.95. The average molecular weight is 445 g/mol. The van der Waals surface area contributed by atoms with Crippen molar-refractivity contribution in [3.05, 3.63) is 73.4 Å². The maximum absolute atomic E-state index is 12.9. The standard InChI is InChI=1S/C26H28N4O3/c1-3-15-29(25(32)20-13-14-20)18-24(31)28-26-27-23(19-9-6-5-7-10-19)17-30(26)21-11-8-12-22(16-21)33-4-2/h3,5-12,16-17,20H,1,4,13-15,18H2,2H3,(H,27,28,31). The summed E-state index contributed by atoms with van der Waals surface area (Å²) < 4.78 is 7.46. The first-order chi connectivity index (χ1) is 16.1. The number of nitrogens with zero attached hydrogens (tertiary/aromatic N) is 3. The molecule has 1 heterocycles. The van der Waals surface area contributed by atoms with Crippen LogP contribution in [0.15, 0.2) is 73.4 Å². The molecule has 3 aromatic rings. The Morgan fingerprint density at radius 3 is 2.70 bits per heavy atom. The number of aromatic nitrogens is 2. The fraction of sp³-hybridized carbons (Fsp3) is 0.269. The summed E-state index contributed by atoms with van der Waals surface area (Å²) in [7, 11) is 0. The summed E-state index contributed by atoms with van der Waals surface area (Å²) in [6, 6.07) is 17.4. The minimum Gasteiger partial charge on any atom is -0.494 e. The number of ether oxygens (including phenoxy) is 1. The van der Waals surface area contributed by atoms with Gasteiger partial charge in [0.2, 0.25) is 17.8 Å². The van der Waals surface area contributed by atoms with Gasteiger partial charge >= 0.3 is 0 Å². The Bertz CT molecular complexity index is 1140. The number of benzene rings is 2. The van der Waals surface area contributed by atoms with E-state index in [0.717, 1.165) is 35.5 Å². The Morgan fingerprint density at radius 2 is 2.00 bits per heavy atom. The number of anilines is 1. The van der Waals surface area contributed by atoms with Crippen LogP contribution in [0.5, 0.6) is 5.75 Å². The third-order valence-corrected chi connectivity index (χ3v) is 5.36. The SMILES string of the molecule is C=CCN(CC(=O)Nc1nc(-c2ccccc2)cn1-c1cccc(OCC)c1)C(=O)C1CC1. The molecule has 0 radical (unpaired) electrons. The summed E-state index contributed by atoms with van der Waals surface area (Å²) in [6.07, 6.45) is 5.29. The fourth-order valence-corrected chi connectivity index (χ4v) is 3.62. The summed E-state index contributed by atoms with van der Waals surface area (Å²) in [5, 5.41) is 2.90. The fourth-order valence-electron chi connectivity index (χ4n) is 3.62. The van der Waals surface area contributed by atoms with E-state index < -0.39 is 0 Å². The van der Waals surface area contributed by atoms with E-state index in [4.69, 9.17) is 4.74 Å². The number of carbonyl (C=O) groups is 2. The molecule has 0 aliphatic heterocycles. The first kappa shape index (κ1) is 22.3. The Morgan fingerprint density at radius 1 is 1.21 bits per heavy atom. The number of rotatable bonds is 10. The van der Waals surface area contributed by atoms with Crippen LogP contribution in [0.3, 0.4) is 0 Å². The normalized spacial score (nSPS) is 12.8. The molecule has 0 saturated heterocycles. The van der Waals surface area contributed by atoms with Crippen molar-refractivity contribution in [2.45, 2.75) is 19.8 Å². The van der Waals surface area contributed by atoms with Crippen LogP contribution in [0.25, 0.3) is 16.9 Å². The van der Waals surface area contributed by atoms with Gasteiger partial charge in [-0.05, 0) is 31.9 Å². The molecule has 2 aromatic carbocycles. The van der Waals surface area contributed by atoms with Gasteiger partial charge in [-0.25, -0.2) is 4.98 Å². The molecule has 1 aliphatic carbocycles. The molecule has 1 N–H and O–H groups in total. The predicted molar refractivity (Wildman–Crippen MR) is 128 cm³/mol. The van der Waals surface area contributed by atoms with Crippen LogP contribution >= 0.6 is 0 Å². The number of nitrogens with one attached hydrogen (secondary N) is 1. The third-order valence-electron chi connectivity index (χ3n) is 5.36. The molecule has 0 spiro atoms. The van der Waals surface area contributed by atoms with Gasteiger partial charge in [0, 0.05) is 30.3 Å². The van der Waals surface area contributed by atoms with E-state index in [1.807, 2.05) is 72.3 Å². The molecule has 7 heteroatoms. The molecular weight excluding hydrogens is 416 g/mol. The predicted octanol–water partition coefficient (Wildman–Crippen LogP) is 4.30. The highest BCUT2D eigenvalue weighted by Gasteiger charge is 2.33. The molecule has 0 bridgehead atoms. The van der Waals surface area contributed by atoms with Gasteiger partial charge in [0.25, 0.3) is 0 Å². The summed E-state index contributed by atoms with van der Waals surface area (Å²) >= 11 is 0. The molecule has 7 nitrogen and oxygen atoms in total. The second kappa shape index (κ2) is 10.2. The molecule has 1 aromatic heterocycles. The maximum atomic E-state index is 12.9. The highest BCUT2D eigenvalue weighted by Crippen LogP contribution is 2.31. The van der Waals surface area contributed by atoms with Crippen molar-refractivity contribution in [1.82, 2.24) is 14.5 Å². The molecule has 170 valence electrons. The van der Waals surface area contributed by atoms with Crippen molar-refractivity contribution in [1.29, 1.82) is 0 Å². The van der Waals surface area contributed by atoms with Crippen LogP contribution < -0.4 is 10.1 Å². The number of hydrogen-bond donors (Lipinski definition) is 1. The zero-order chi connectivity index (χ0) is 23.2. The van der Waals surface area contributed by atoms with Crippen molar-refractivity contribution in [2.75, 3.05) is 25.0 Å². The van der Waals surface area contributed by atoms with Crippen molar-refractivity contribution >= 4 is 17.8 Å². The van der Waals surface area contributed by atoms with Crippen LogP contribution in [-0.4, -0.2) is 46.0 Å². The molecule has 33 heavy (non-hydrogen) atoms. The van der Waals surface area contributed by atoms with Crippen LogP contribution in [0, 0.1) is 5.92 Å². The Balaban J connectivity index is 1.62. The van der Waals surface area contributed by atoms with Gasteiger partial charge in [-0.2, -0.15) is 0 Å². The van der Waals surface area contributed by atoms with Gasteiger partial charge in [0.15, 0.2) is 0 Å². The lowest BCUT2D eigenvalue weighted by atomic mass is 10.2. The average Bonchev–Trinajstić information content (AvgIpc) is 3.59. The molecule has 0 atom stereocenters. The first-order valence-corrected chi connectivity index (χ1v) is 11.2. The van der Waals surface area contributed by atoms with Crippen LogP contribution in [0.1, 0.15) is 19.8 Å². The third kappa shape index (κ3) is 5.49. The van der Waals surface area contributed by atoms with Gasteiger partial charge in [0.1, 0.15) is 12.3 Å². The van der Waals surface area contributed by atoms with E-state index in [1.54, 1.807) is 11.0 Å². The summed E-state index contributed by atoms with van der Waals surface area (Å²) in [5.74, 6) is 0.839. The van der Waals surface area contributed by atoms with Crippen LogP contribution in [0.2, 0.25) is 0 Å². The molecular formula is C26H28N4O3. The van der Waals surface area contributed by atoms with Crippen molar-refractivity contribution in [3.63, 3.8) is 0 Å². The van der Waals surface area contributed by atoms with E-state index in [0.29, 0.717) is 19.1 Å². The summed E-state index contributed by atoms with van der Waals surface area (Å²) in [6.45, 7) is 6.49. The van der Waals surface area contributed by atoms with E-state index >= 15 is 0 Å². The van der Waals surface area contributed by atoms with E-state index in [-0.39, 0.29) is 24.3 Å². The van der Waals surface area contributed by atoms with Crippen LogP contribution in [-0.2, 0) is 9.59 Å². The maximum Gasteiger partial charge on any atom is 0.246 e. The van der Waals surface area contributed by atoms with Gasteiger partial charge in [-0.15, -0.1) is 6.58 Å². The molecule has 1 aliphatic rings. The largest absolute Gasteiger partial charge is 0.494 e. The zero-order valence-electron chi connectivity index (χ0n) is 18.7. The molecule has 4 rings (SSSR count). The molecule has 0 unspecified atom stereocenters. The van der Waals surface area contributed by atoms with E-state index in [2.05, 4.69) is 16.9 Å². The number of carbonyl (C=O) groups excluding carboxylic acids is 2. The van der Waals surface area contributed by atoms with Gasteiger partial charge in [-0.1, -0.05) is 42.5 Å². The summed E-state index contributed by atoms with van der Waals surface area (Å²) in [5.41, 5.74) is 2.47. The van der Waals surface area contributed by atoms with E-state index in [1.165, 1.54) is 0 Å². The minimum atomic E-state index is -0.307. The lowest BCUT2D eigenvalue weighted by molar-refractivity contribution is -0.135. The van der Waals surface area contributed by atoms with E-state index in [9.17, 15) is 9.59 Å². The molecule has 2 amide bonds. The highest BCUT2D eigenvalue weighted by atomic mass is 16.5. The number of imidazole rings is 1. The Kier molecular flexibility index (Phi) is 6.88. The van der Waals surface area contributed by atoms with Gasteiger partial charge < -0.3 is 9.64 Å². The minimum absolute atomic E-state index is 0.00258.